The lowest BCUT2D eigenvalue weighted by atomic mass is 9.92. The van der Waals surface area contributed by atoms with Crippen LogP contribution in [-0.4, -0.2) is 69.3 Å². The molecule has 0 bridgehead atoms. The van der Waals surface area contributed by atoms with Crippen LogP contribution in [0.2, 0.25) is 0 Å². The third-order valence-corrected chi connectivity index (χ3v) is 8.25. The predicted molar refractivity (Wildman–Crippen MR) is 184 cm³/mol. The summed E-state index contributed by atoms with van der Waals surface area (Å²) in [6, 6.07) is 14.5. The highest BCUT2D eigenvalue weighted by molar-refractivity contribution is 6.04. The molecule has 3 atom stereocenters. The van der Waals surface area contributed by atoms with Gasteiger partial charge in [0.25, 0.3) is 5.91 Å². The number of methoxy groups -OCH3 is 4. The number of carbonyl (C=O) groups is 3. The van der Waals surface area contributed by atoms with Gasteiger partial charge in [-0.1, -0.05) is 50.2 Å². The van der Waals surface area contributed by atoms with Crippen LogP contribution in [0.5, 0.6) is 23.0 Å². The quantitative estimate of drug-likeness (QED) is 0.200. The molecule has 2 amide bonds. The molecule has 1 aliphatic carbocycles. The van der Waals surface area contributed by atoms with Crippen molar-refractivity contribution in [2.75, 3.05) is 33.8 Å². The number of nitrogens with one attached hydrogen (secondary N) is 2. The molecule has 0 saturated carbocycles. The summed E-state index contributed by atoms with van der Waals surface area (Å²) in [5, 5.41) is 16.3. The van der Waals surface area contributed by atoms with Gasteiger partial charge in [0, 0.05) is 18.0 Å². The molecule has 0 heterocycles. The van der Waals surface area contributed by atoms with Crippen LogP contribution >= 0.6 is 0 Å². The van der Waals surface area contributed by atoms with Crippen LogP contribution < -0.4 is 35.3 Å². The van der Waals surface area contributed by atoms with Gasteiger partial charge in [-0.2, -0.15) is 0 Å². The summed E-state index contributed by atoms with van der Waals surface area (Å²) >= 11 is 0. The summed E-state index contributed by atoms with van der Waals surface area (Å²) in [7, 11) is 6.07. The van der Waals surface area contributed by atoms with Crippen LogP contribution in [0.1, 0.15) is 48.9 Å². The molecule has 5 N–H and O–H groups in total. The van der Waals surface area contributed by atoms with Gasteiger partial charge >= 0.3 is 0 Å². The first-order valence-corrected chi connectivity index (χ1v) is 15.8. The van der Waals surface area contributed by atoms with Crippen molar-refractivity contribution in [3.63, 3.8) is 0 Å². The topological polar surface area (TPSA) is 158 Å². The summed E-state index contributed by atoms with van der Waals surface area (Å²) in [6.07, 6.45) is 1.32. The van der Waals surface area contributed by atoms with Gasteiger partial charge < -0.3 is 40.4 Å². The minimum atomic E-state index is -1.53. The number of hydrogen-bond acceptors (Lipinski definition) is 9. The summed E-state index contributed by atoms with van der Waals surface area (Å²) in [6.45, 7) is 3.85. The number of amides is 2. The Kier molecular flexibility index (Phi) is 12.2. The van der Waals surface area contributed by atoms with Crippen LogP contribution in [0.15, 0.2) is 60.7 Å². The van der Waals surface area contributed by atoms with E-state index in [1.807, 2.05) is 50.2 Å². The van der Waals surface area contributed by atoms with Crippen molar-refractivity contribution in [2.45, 2.75) is 57.7 Å². The lowest BCUT2D eigenvalue weighted by Gasteiger charge is -2.24. The van der Waals surface area contributed by atoms with Crippen LogP contribution in [0.4, 0.5) is 5.69 Å². The molecule has 0 spiro atoms. The zero-order valence-electron chi connectivity index (χ0n) is 28.3. The highest BCUT2D eigenvalue weighted by Gasteiger charge is 2.30. The second-order valence-electron chi connectivity index (χ2n) is 12.1. The maximum Gasteiger partial charge on any atom is 0.251 e. The van der Waals surface area contributed by atoms with E-state index in [-0.39, 0.29) is 24.5 Å². The Morgan fingerprint density at radius 1 is 0.875 bits per heavy atom. The summed E-state index contributed by atoms with van der Waals surface area (Å²) in [4.78, 5) is 39.9. The second-order valence-corrected chi connectivity index (χ2v) is 12.1. The summed E-state index contributed by atoms with van der Waals surface area (Å²) < 4.78 is 22.5. The Labute approximate surface area is 281 Å². The van der Waals surface area contributed by atoms with Gasteiger partial charge in [-0.25, -0.2) is 0 Å². The molecule has 11 heteroatoms. The van der Waals surface area contributed by atoms with Crippen molar-refractivity contribution in [3.8, 4) is 23.0 Å². The molecular formula is C37H45N3O8. The molecule has 0 radical (unpaired) electrons. The van der Waals surface area contributed by atoms with Crippen LogP contribution in [0.25, 0.3) is 5.57 Å². The minimum Gasteiger partial charge on any atom is -0.495 e. The Hall–Kier alpha value is -4.87. The molecule has 3 aromatic carbocycles. The van der Waals surface area contributed by atoms with Gasteiger partial charge in [0.1, 0.15) is 17.9 Å². The van der Waals surface area contributed by atoms with Gasteiger partial charge in [-0.15, -0.1) is 0 Å². The van der Waals surface area contributed by atoms with Crippen molar-refractivity contribution in [2.24, 2.45) is 11.7 Å². The number of aliphatic hydroxyl groups excluding tert-OH is 1. The molecular weight excluding hydrogens is 614 g/mol. The van der Waals surface area contributed by atoms with E-state index < -0.39 is 30.0 Å². The number of hydrogen-bond donors (Lipinski definition) is 4. The minimum absolute atomic E-state index is 0.0324. The Bertz CT molecular complexity index is 1650. The summed E-state index contributed by atoms with van der Waals surface area (Å²) in [5.74, 6) is 0.432. The first-order valence-electron chi connectivity index (χ1n) is 15.8. The lowest BCUT2D eigenvalue weighted by molar-refractivity contribution is -0.133. The Morgan fingerprint density at radius 2 is 1.56 bits per heavy atom. The molecule has 11 nitrogen and oxygen atoms in total. The molecule has 3 aromatic rings. The number of benzene rings is 3. The zero-order valence-corrected chi connectivity index (χ0v) is 28.3. The molecule has 3 unspecified atom stereocenters. The highest BCUT2D eigenvalue weighted by Crippen LogP contribution is 2.47. The predicted octanol–water partition coefficient (Wildman–Crippen LogP) is 4.07. The largest absolute Gasteiger partial charge is 0.495 e. The number of fused-ring (bicyclic) bond motifs is 1. The van der Waals surface area contributed by atoms with Gasteiger partial charge in [0.15, 0.2) is 17.3 Å². The smallest absolute Gasteiger partial charge is 0.251 e. The van der Waals surface area contributed by atoms with E-state index in [4.69, 9.17) is 24.7 Å². The highest BCUT2D eigenvalue weighted by atomic mass is 16.5. The van der Waals surface area contributed by atoms with E-state index in [2.05, 4.69) is 10.6 Å². The molecule has 0 fully saturated rings. The number of nitrogens with two attached hydrogens (primary N) is 1. The molecule has 1 aliphatic rings. The average molecular weight is 660 g/mol. The third kappa shape index (κ3) is 8.34. The Morgan fingerprint density at radius 3 is 2.19 bits per heavy atom. The molecule has 0 aliphatic heterocycles. The third-order valence-electron chi connectivity index (χ3n) is 8.25. The number of aliphatic hydroxyl groups is 1. The van der Waals surface area contributed by atoms with E-state index in [9.17, 15) is 19.5 Å². The number of ketones is 1. The summed E-state index contributed by atoms with van der Waals surface area (Å²) in [5.41, 5.74) is 10.1. The maximum absolute atomic E-state index is 13.8. The van der Waals surface area contributed by atoms with Crippen molar-refractivity contribution in [3.05, 3.63) is 82.9 Å². The fraction of sp³-hybridized carbons (Fsp3) is 0.378. The lowest BCUT2D eigenvalue weighted by Crippen LogP contribution is -2.53. The normalized spacial score (nSPS) is 14.5. The number of ether oxygens (including phenoxy) is 4. The SMILES string of the molecule is COc1ccc(C2=CC(=O)CCc3c2cc(OC)c(OC)c3OC)cc1NC(=O)C(CC(C)C)NC(=O)C(O)C(N)Cc1ccccc1. The van der Waals surface area contributed by atoms with Gasteiger partial charge in [0.2, 0.25) is 11.7 Å². The van der Waals surface area contributed by atoms with E-state index in [0.717, 1.165) is 16.7 Å². The molecule has 48 heavy (non-hydrogen) atoms. The van der Waals surface area contributed by atoms with Crippen LogP contribution in [0, 0.1) is 5.92 Å². The van der Waals surface area contributed by atoms with E-state index in [1.165, 1.54) is 28.4 Å². The van der Waals surface area contributed by atoms with E-state index in [1.54, 1.807) is 24.3 Å². The average Bonchev–Trinajstić information content (AvgIpc) is 3.24. The Balaban J connectivity index is 1.64. The van der Waals surface area contributed by atoms with Crippen molar-refractivity contribution in [1.82, 2.24) is 5.32 Å². The molecule has 0 saturated heterocycles. The van der Waals surface area contributed by atoms with E-state index in [0.29, 0.717) is 52.7 Å². The van der Waals surface area contributed by atoms with Crippen LogP contribution in [-0.2, 0) is 27.2 Å². The van der Waals surface area contributed by atoms with Crippen molar-refractivity contribution in [1.29, 1.82) is 0 Å². The number of allylic oxidation sites excluding steroid dienone is 1. The zero-order chi connectivity index (χ0) is 35.0. The van der Waals surface area contributed by atoms with Gasteiger partial charge in [0.05, 0.1) is 34.1 Å². The molecule has 4 rings (SSSR count). The second kappa shape index (κ2) is 16.3. The maximum atomic E-state index is 13.8. The first kappa shape index (κ1) is 36.0. The monoisotopic (exact) mass is 659 g/mol. The molecule has 256 valence electrons. The first-order chi connectivity index (χ1) is 23.0. The number of anilines is 1. The van der Waals surface area contributed by atoms with Gasteiger partial charge in [-0.3, -0.25) is 14.4 Å². The van der Waals surface area contributed by atoms with E-state index >= 15 is 0 Å². The van der Waals surface area contributed by atoms with Crippen molar-refractivity contribution >= 4 is 28.9 Å². The fourth-order valence-electron chi connectivity index (χ4n) is 5.85. The number of rotatable bonds is 14. The number of carbonyl (C=O) groups excluding carboxylic acids is 3. The fourth-order valence-corrected chi connectivity index (χ4v) is 5.85. The van der Waals surface area contributed by atoms with Crippen LogP contribution in [0.3, 0.4) is 0 Å². The standard InChI is InChI=1S/C37H45N3O8/c1-21(2)16-30(40-37(44)33(42)28(38)17-22-10-8-7-9-11-22)36(43)39-29-18-23(12-15-31(29)45-3)26-19-24(41)13-14-25-27(26)20-32(46-4)35(48-6)34(25)47-5/h7-12,15,18-21,28,30,33,42H,13-14,16-17,38H2,1-6H3,(H,39,43)(H,40,44). The molecule has 0 aromatic heterocycles. The van der Waals surface area contributed by atoms with Gasteiger partial charge in [-0.05, 0) is 71.7 Å². The van der Waals surface area contributed by atoms with Crippen molar-refractivity contribution < 1.29 is 38.4 Å².